The van der Waals surface area contributed by atoms with Crippen molar-refractivity contribution in [3.63, 3.8) is 0 Å². The lowest BCUT2D eigenvalue weighted by molar-refractivity contribution is 0.394. The molecule has 5 aliphatic rings. The SMILES string of the molecule is CC1(C)C2=C(CCC=C2)c2ccc(-c3ccc4c(-c5ccc6c(c5)c5c(n6-c6ccccc6)CCC=C5)c5ccccc5c(-c5cc6c(c7ccccc57)C5C=CC=CC5C6(C)C)c4c3)cc21. The molecule has 0 bridgehead atoms. The Morgan fingerprint density at radius 1 is 0.507 bits per heavy atom. The van der Waals surface area contributed by atoms with E-state index >= 15 is 0 Å². The molecule has 0 spiro atoms. The second-order valence-corrected chi connectivity index (χ2v) is 21.0. The monoisotopic (exact) mass is 859 g/mol. The lowest BCUT2D eigenvalue weighted by Gasteiger charge is -2.29. The second kappa shape index (κ2) is 14.1. The van der Waals surface area contributed by atoms with Gasteiger partial charge in [0.15, 0.2) is 0 Å². The third-order valence-electron chi connectivity index (χ3n) is 16.8. The van der Waals surface area contributed by atoms with Crippen molar-refractivity contribution in [3.8, 4) is 39.1 Å². The van der Waals surface area contributed by atoms with Gasteiger partial charge < -0.3 is 4.57 Å². The number of hydrogen-bond donors (Lipinski definition) is 0. The first-order valence-corrected chi connectivity index (χ1v) is 24.6. The highest BCUT2D eigenvalue weighted by Gasteiger charge is 2.46. The predicted octanol–water partition coefficient (Wildman–Crippen LogP) is 17.6. The summed E-state index contributed by atoms with van der Waals surface area (Å²) in [6.45, 7) is 9.79. The standard InChI is InChI=1S/C66H53N/c1-65(2)56-27-15-12-21-45(56)46-33-30-41(38-58(46)65)40-31-34-51-54(36-40)63(55-39-59-64(48-23-9-8-20-44(48)55)52-26-13-16-28-57(52)66(59,3)4)50-25-11-10-24-49(50)62(51)42-32-35-61-53(37-42)47-22-14-17-29-60(47)67(61)43-18-6-5-7-19-43/h5-11,13-16,18-20,22-28,30-39,52,57H,12,17,21,29H2,1-4H3. The number of benzene rings is 8. The van der Waals surface area contributed by atoms with E-state index in [-0.39, 0.29) is 10.8 Å². The molecule has 0 saturated carbocycles. The van der Waals surface area contributed by atoms with Crippen LogP contribution in [0.1, 0.15) is 86.4 Å². The maximum absolute atomic E-state index is 2.61. The summed E-state index contributed by atoms with van der Waals surface area (Å²) >= 11 is 0. The molecule has 0 amide bonds. The number of fused-ring (bicyclic) bond motifs is 12. The summed E-state index contributed by atoms with van der Waals surface area (Å²) in [5.41, 5.74) is 21.8. The molecule has 1 nitrogen and oxygen atoms in total. The van der Waals surface area contributed by atoms with Gasteiger partial charge in [-0.1, -0.05) is 173 Å². The van der Waals surface area contributed by atoms with Crippen LogP contribution in [0.3, 0.4) is 0 Å². The first kappa shape index (κ1) is 39.0. The average Bonchev–Trinajstić information content (AvgIpc) is 3.91. The van der Waals surface area contributed by atoms with Gasteiger partial charge >= 0.3 is 0 Å². The fourth-order valence-corrected chi connectivity index (χ4v) is 13.6. The van der Waals surface area contributed by atoms with Gasteiger partial charge in [-0.3, -0.25) is 0 Å². The third kappa shape index (κ3) is 5.43. The molecule has 2 atom stereocenters. The quantitative estimate of drug-likeness (QED) is 0.155. The summed E-state index contributed by atoms with van der Waals surface area (Å²) in [5.74, 6) is 0.781. The highest BCUT2D eigenvalue weighted by atomic mass is 15.0. The molecule has 67 heavy (non-hydrogen) atoms. The maximum Gasteiger partial charge on any atom is 0.0538 e. The lowest BCUT2D eigenvalue weighted by atomic mass is 9.74. The van der Waals surface area contributed by atoms with Gasteiger partial charge in [0.2, 0.25) is 0 Å². The van der Waals surface area contributed by atoms with E-state index in [1.54, 1.807) is 0 Å². The molecule has 0 aliphatic heterocycles. The highest BCUT2D eigenvalue weighted by Crippen LogP contribution is 2.58. The zero-order valence-corrected chi connectivity index (χ0v) is 38.8. The van der Waals surface area contributed by atoms with E-state index in [0.29, 0.717) is 11.8 Å². The summed E-state index contributed by atoms with van der Waals surface area (Å²) in [6.07, 6.45) is 23.3. The average molecular weight is 860 g/mol. The smallest absolute Gasteiger partial charge is 0.0538 e. The summed E-state index contributed by atoms with van der Waals surface area (Å²) in [4.78, 5) is 0. The second-order valence-electron chi connectivity index (χ2n) is 21.0. The van der Waals surface area contributed by atoms with Gasteiger partial charge in [-0.15, -0.1) is 0 Å². The lowest BCUT2D eigenvalue weighted by Crippen LogP contribution is -2.24. The van der Waals surface area contributed by atoms with Crippen molar-refractivity contribution in [2.45, 2.75) is 70.1 Å². The highest BCUT2D eigenvalue weighted by molar-refractivity contribution is 6.24. The van der Waals surface area contributed by atoms with Crippen molar-refractivity contribution in [1.29, 1.82) is 0 Å². The van der Waals surface area contributed by atoms with E-state index in [4.69, 9.17) is 0 Å². The van der Waals surface area contributed by atoms with Crippen LogP contribution in [0.5, 0.6) is 0 Å². The summed E-state index contributed by atoms with van der Waals surface area (Å²) < 4.78 is 2.51. The summed E-state index contributed by atoms with van der Waals surface area (Å²) in [7, 11) is 0. The third-order valence-corrected chi connectivity index (χ3v) is 16.8. The Kier molecular flexibility index (Phi) is 8.23. The molecule has 1 aromatic heterocycles. The number of rotatable bonds is 4. The van der Waals surface area contributed by atoms with E-state index in [2.05, 4.69) is 220 Å². The predicted molar refractivity (Wildman–Crippen MR) is 285 cm³/mol. The van der Waals surface area contributed by atoms with Crippen LogP contribution in [-0.2, 0) is 17.3 Å². The normalized spacial score (nSPS) is 19.3. The number of aromatic nitrogens is 1. The number of hydrogen-bond acceptors (Lipinski definition) is 0. The number of allylic oxidation sites excluding steroid dienone is 9. The minimum Gasteiger partial charge on any atom is -0.313 e. The molecule has 322 valence electrons. The number of para-hydroxylation sites is 1. The largest absolute Gasteiger partial charge is 0.313 e. The molecule has 9 aromatic rings. The fourth-order valence-electron chi connectivity index (χ4n) is 13.6. The van der Waals surface area contributed by atoms with Crippen LogP contribution in [0.15, 0.2) is 188 Å². The topological polar surface area (TPSA) is 4.93 Å². The Hall–Kier alpha value is -7.22. The zero-order valence-electron chi connectivity index (χ0n) is 38.8. The van der Waals surface area contributed by atoms with Crippen LogP contribution in [0.4, 0.5) is 0 Å². The molecule has 5 aliphatic carbocycles. The molecular formula is C66H53N. The number of nitrogens with zero attached hydrogens (tertiary/aromatic N) is 1. The molecule has 2 unspecified atom stereocenters. The molecule has 0 N–H and O–H groups in total. The van der Waals surface area contributed by atoms with Crippen molar-refractivity contribution < 1.29 is 0 Å². The molecule has 14 rings (SSSR count). The van der Waals surface area contributed by atoms with Crippen LogP contribution in [-0.4, -0.2) is 4.57 Å². The molecule has 1 heterocycles. The first-order chi connectivity index (χ1) is 32.8. The first-order valence-electron chi connectivity index (χ1n) is 24.6. The van der Waals surface area contributed by atoms with Crippen molar-refractivity contribution in [3.05, 3.63) is 221 Å². The van der Waals surface area contributed by atoms with Crippen molar-refractivity contribution in [1.82, 2.24) is 4.57 Å². The molecule has 1 heteroatoms. The Bertz CT molecular complexity index is 3800. The van der Waals surface area contributed by atoms with E-state index in [9.17, 15) is 0 Å². The van der Waals surface area contributed by atoms with Crippen molar-refractivity contribution in [2.75, 3.05) is 0 Å². The van der Waals surface area contributed by atoms with Gasteiger partial charge in [-0.25, -0.2) is 0 Å². The molecule has 0 saturated heterocycles. The Balaban J connectivity index is 1.07. The van der Waals surface area contributed by atoms with Crippen LogP contribution in [0.25, 0.3) is 93.9 Å². The fraction of sp³-hybridized carbons (Fsp3) is 0.182. The molecule has 0 fully saturated rings. The van der Waals surface area contributed by atoms with Crippen LogP contribution in [0, 0.1) is 5.92 Å². The van der Waals surface area contributed by atoms with Crippen LogP contribution >= 0.6 is 0 Å². The van der Waals surface area contributed by atoms with Gasteiger partial charge in [-0.2, -0.15) is 0 Å². The van der Waals surface area contributed by atoms with Crippen molar-refractivity contribution >= 4 is 54.9 Å². The minimum atomic E-state index is -0.0346. The minimum absolute atomic E-state index is 0.0322. The Labute approximate surface area is 393 Å². The van der Waals surface area contributed by atoms with Gasteiger partial charge in [-0.05, 0) is 179 Å². The van der Waals surface area contributed by atoms with Crippen molar-refractivity contribution in [2.24, 2.45) is 5.92 Å². The van der Waals surface area contributed by atoms with Gasteiger partial charge in [0, 0.05) is 33.7 Å². The van der Waals surface area contributed by atoms with Crippen LogP contribution < -0.4 is 0 Å². The van der Waals surface area contributed by atoms with E-state index in [1.165, 1.54) is 127 Å². The van der Waals surface area contributed by atoms with E-state index < -0.39 is 0 Å². The molecule has 8 aromatic carbocycles. The summed E-state index contributed by atoms with van der Waals surface area (Å²) in [6, 6.07) is 54.1. The maximum atomic E-state index is 2.61. The van der Waals surface area contributed by atoms with E-state index in [1.807, 2.05) is 0 Å². The van der Waals surface area contributed by atoms with E-state index in [0.717, 1.165) is 25.7 Å². The molecular weight excluding hydrogens is 807 g/mol. The van der Waals surface area contributed by atoms with Crippen LogP contribution in [0.2, 0.25) is 0 Å². The zero-order chi connectivity index (χ0) is 44.8. The Morgan fingerprint density at radius 2 is 1.18 bits per heavy atom. The van der Waals surface area contributed by atoms with Gasteiger partial charge in [0.1, 0.15) is 0 Å². The van der Waals surface area contributed by atoms with Gasteiger partial charge in [0.25, 0.3) is 0 Å². The Morgan fingerprint density at radius 3 is 2.03 bits per heavy atom. The summed E-state index contributed by atoms with van der Waals surface area (Å²) in [5, 5.41) is 9.19. The van der Waals surface area contributed by atoms with Gasteiger partial charge in [0.05, 0.1) is 5.52 Å². The molecule has 0 radical (unpaired) electrons.